The first-order valence-corrected chi connectivity index (χ1v) is 11.0. The van der Waals surface area contributed by atoms with Crippen molar-refractivity contribution < 1.29 is 28.2 Å². The van der Waals surface area contributed by atoms with Crippen LogP contribution in [0.25, 0.3) is 0 Å². The van der Waals surface area contributed by atoms with Crippen molar-refractivity contribution in [1.82, 2.24) is 5.43 Å². The third-order valence-electron chi connectivity index (χ3n) is 4.38. The first-order valence-electron chi connectivity index (χ1n) is 10.2. The van der Waals surface area contributed by atoms with E-state index in [0.717, 1.165) is 12.1 Å². The maximum absolute atomic E-state index is 12.9. The lowest BCUT2D eigenvalue weighted by Crippen LogP contribution is -2.32. The van der Waals surface area contributed by atoms with E-state index >= 15 is 0 Å². The summed E-state index contributed by atoms with van der Waals surface area (Å²) in [6, 6.07) is 14.3. The van der Waals surface area contributed by atoms with Gasteiger partial charge in [-0.05, 0) is 66.2 Å². The topological polar surface area (TPSA) is 118 Å². The summed E-state index contributed by atoms with van der Waals surface area (Å²) in [4.78, 5) is 36.0. The number of anilines is 2. The van der Waals surface area contributed by atoms with Crippen molar-refractivity contribution in [2.45, 2.75) is 0 Å². The SMILES string of the molecule is COc1cc(/C=N\NC(=O)C(=O)Nc2ccc(F)cc2)ccc1OCC(=O)Nc1cc(Cl)cc(Cl)c1. The van der Waals surface area contributed by atoms with E-state index in [1.165, 1.54) is 25.5 Å². The van der Waals surface area contributed by atoms with Crippen molar-refractivity contribution in [3.8, 4) is 11.5 Å². The lowest BCUT2D eigenvalue weighted by molar-refractivity contribution is -0.136. The number of ether oxygens (including phenoxy) is 2. The van der Waals surface area contributed by atoms with E-state index in [2.05, 4.69) is 21.2 Å². The van der Waals surface area contributed by atoms with E-state index in [1.807, 2.05) is 0 Å². The van der Waals surface area contributed by atoms with Gasteiger partial charge in [-0.25, -0.2) is 9.82 Å². The number of nitrogens with one attached hydrogen (secondary N) is 3. The zero-order valence-electron chi connectivity index (χ0n) is 18.7. The van der Waals surface area contributed by atoms with Gasteiger partial charge in [-0.15, -0.1) is 0 Å². The summed E-state index contributed by atoms with van der Waals surface area (Å²) in [5.41, 5.74) is 3.28. The second kappa shape index (κ2) is 12.5. The summed E-state index contributed by atoms with van der Waals surface area (Å²) in [7, 11) is 1.42. The molecule has 36 heavy (non-hydrogen) atoms. The fourth-order valence-corrected chi connectivity index (χ4v) is 3.31. The summed E-state index contributed by atoms with van der Waals surface area (Å²) < 4.78 is 23.7. The highest BCUT2D eigenvalue weighted by Gasteiger charge is 2.13. The van der Waals surface area contributed by atoms with Crippen LogP contribution in [0.1, 0.15) is 5.56 Å². The third kappa shape index (κ3) is 7.97. The van der Waals surface area contributed by atoms with Crippen molar-refractivity contribution in [2.75, 3.05) is 24.4 Å². The average molecular weight is 533 g/mol. The van der Waals surface area contributed by atoms with Crippen LogP contribution < -0.4 is 25.5 Å². The van der Waals surface area contributed by atoms with E-state index in [1.54, 1.807) is 36.4 Å². The van der Waals surface area contributed by atoms with Crippen LogP contribution in [0.5, 0.6) is 11.5 Å². The van der Waals surface area contributed by atoms with Gasteiger partial charge in [0.15, 0.2) is 18.1 Å². The molecule has 0 saturated heterocycles. The molecule has 0 saturated carbocycles. The Kier molecular flexibility index (Phi) is 9.20. The van der Waals surface area contributed by atoms with Crippen LogP contribution in [0.3, 0.4) is 0 Å². The van der Waals surface area contributed by atoms with Crippen LogP contribution in [-0.4, -0.2) is 37.7 Å². The van der Waals surface area contributed by atoms with Gasteiger partial charge in [0.1, 0.15) is 5.82 Å². The smallest absolute Gasteiger partial charge is 0.329 e. The molecule has 0 heterocycles. The molecule has 0 aliphatic heterocycles. The molecule has 9 nitrogen and oxygen atoms in total. The molecule has 0 unspecified atom stereocenters. The number of hydrogen-bond donors (Lipinski definition) is 3. The van der Waals surface area contributed by atoms with E-state index in [-0.39, 0.29) is 18.0 Å². The van der Waals surface area contributed by atoms with E-state index < -0.39 is 23.5 Å². The van der Waals surface area contributed by atoms with Gasteiger partial charge in [-0.1, -0.05) is 23.2 Å². The number of nitrogens with zero attached hydrogens (tertiary/aromatic N) is 1. The highest BCUT2D eigenvalue weighted by atomic mass is 35.5. The van der Waals surface area contributed by atoms with Gasteiger partial charge < -0.3 is 20.1 Å². The summed E-state index contributed by atoms with van der Waals surface area (Å²) in [5.74, 6) is -2.31. The minimum absolute atomic E-state index is 0.255. The summed E-state index contributed by atoms with van der Waals surface area (Å²) in [6.45, 7) is -0.312. The fourth-order valence-electron chi connectivity index (χ4n) is 2.79. The first kappa shape index (κ1) is 26.5. The molecule has 0 aromatic heterocycles. The van der Waals surface area contributed by atoms with Crippen LogP contribution in [0.15, 0.2) is 65.8 Å². The molecular formula is C24H19Cl2FN4O5. The average Bonchev–Trinajstić information content (AvgIpc) is 2.83. The maximum Gasteiger partial charge on any atom is 0.329 e. The molecule has 3 rings (SSSR count). The van der Waals surface area contributed by atoms with Gasteiger partial charge in [-0.2, -0.15) is 5.10 Å². The van der Waals surface area contributed by atoms with Gasteiger partial charge in [-0.3, -0.25) is 14.4 Å². The van der Waals surface area contributed by atoms with Crippen molar-refractivity contribution in [2.24, 2.45) is 5.10 Å². The Morgan fingerprint density at radius 3 is 2.25 bits per heavy atom. The van der Waals surface area contributed by atoms with Crippen molar-refractivity contribution in [1.29, 1.82) is 0 Å². The van der Waals surface area contributed by atoms with Crippen LogP contribution >= 0.6 is 23.2 Å². The number of benzene rings is 3. The molecule has 12 heteroatoms. The highest BCUT2D eigenvalue weighted by molar-refractivity contribution is 6.39. The van der Waals surface area contributed by atoms with Crippen molar-refractivity contribution in [3.63, 3.8) is 0 Å². The van der Waals surface area contributed by atoms with Crippen LogP contribution in [-0.2, 0) is 14.4 Å². The van der Waals surface area contributed by atoms with Gasteiger partial charge in [0.25, 0.3) is 5.91 Å². The number of carbonyl (C=O) groups excluding carboxylic acids is 3. The predicted molar refractivity (Wildman–Crippen MR) is 134 cm³/mol. The van der Waals surface area contributed by atoms with Crippen LogP contribution in [0.2, 0.25) is 10.0 Å². The molecule has 3 aromatic carbocycles. The monoisotopic (exact) mass is 532 g/mol. The van der Waals surface area contributed by atoms with E-state index in [0.29, 0.717) is 27.0 Å². The standard InChI is InChI=1S/C24H19Cl2FN4O5/c1-35-21-8-14(12-28-31-24(34)23(33)30-18-5-3-17(27)4-6-18)2-7-20(21)36-13-22(32)29-19-10-15(25)9-16(26)11-19/h2-12H,13H2,1H3,(H,29,32)(H,30,33)(H,31,34)/b28-12-. The second-order valence-corrected chi connectivity index (χ2v) is 7.94. The molecular weight excluding hydrogens is 514 g/mol. The number of amides is 3. The molecule has 186 valence electrons. The molecule has 0 radical (unpaired) electrons. The Balaban J connectivity index is 1.53. The molecule has 0 aliphatic rings. The number of methoxy groups -OCH3 is 1. The number of hydrazone groups is 1. The minimum Gasteiger partial charge on any atom is -0.493 e. The van der Waals surface area contributed by atoms with Crippen LogP contribution in [0.4, 0.5) is 15.8 Å². The van der Waals surface area contributed by atoms with Crippen LogP contribution in [0, 0.1) is 5.82 Å². The Morgan fingerprint density at radius 1 is 0.889 bits per heavy atom. The van der Waals surface area contributed by atoms with Gasteiger partial charge in [0, 0.05) is 21.4 Å². The summed E-state index contributed by atoms with van der Waals surface area (Å²) in [5, 5.41) is 9.42. The molecule has 3 aromatic rings. The molecule has 0 aliphatic carbocycles. The highest BCUT2D eigenvalue weighted by Crippen LogP contribution is 2.28. The first-order chi connectivity index (χ1) is 17.2. The van der Waals surface area contributed by atoms with E-state index in [9.17, 15) is 18.8 Å². The van der Waals surface area contributed by atoms with Gasteiger partial charge in [0.2, 0.25) is 0 Å². The summed E-state index contributed by atoms with van der Waals surface area (Å²) in [6.07, 6.45) is 1.28. The molecule has 0 spiro atoms. The Bertz CT molecular complexity index is 1280. The lowest BCUT2D eigenvalue weighted by atomic mass is 10.2. The molecule has 3 N–H and O–H groups in total. The second-order valence-electron chi connectivity index (χ2n) is 7.07. The third-order valence-corrected chi connectivity index (χ3v) is 4.82. The Morgan fingerprint density at radius 2 is 1.58 bits per heavy atom. The quantitative estimate of drug-likeness (QED) is 0.227. The number of carbonyl (C=O) groups is 3. The molecule has 0 bridgehead atoms. The van der Waals surface area contributed by atoms with Crippen molar-refractivity contribution >= 4 is 58.5 Å². The normalized spacial score (nSPS) is 10.6. The number of rotatable bonds is 8. The number of halogens is 3. The zero-order chi connectivity index (χ0) is 26.1. The summed E-state index contributed by atoms with van der Waals surface area (Å²) >= 11 is 11.8. The maximum atomic E-state index is 12.9. The lowest BCUT2D eigenvalue weighted by Gasteiger charge is -2.12. The molecule has 0 fully saturated rings. The van der Waals surface area contributed by atoms with E-state index in [4.69, 9.17) is 32.7 Å². The molecule has 3 amide bonds. The zero-order valence-corrected chi connectivity index (χ0v) is 20.2. The van der Waals surface area contributed by atoms with Crippen molar-refractivity contribution in [3.05, 3.63) is 82.1 Å². The van der Waals surface area contributed by atoms with Gasteiger partial charge in [0.05, 0.1) is 13.3 Å². The Hall–Kier alpha value is -4.15. The molecule has 0 atom stereocenters. The largest absolute Gasteiger partial charge is 0.493 e. The Labute approximate surface area is 215 Å². The predicted octanol–water partition coefficient (Wildman–Crippen LogP) is 4.25. The minimum atomic E-state index is -1.02. The fraction of sp³-hybridized carbons (Fsp3) is 0.0833. The van der Waals surface area contributed by atoms with Gasteiger partial charge >= 0.3 is 11.8 Å². The number of hydrogen-bond acceptors (Lipinski definition) is 6.